The van der Waals surface area contributed by atoms with Gasteiger partial charge in [-0.1, -0.05) is 0 Å². The minimum absolute atomic E-state index is 0.0121. The Hall–Kier alpha value is -1.85. The maximum Gasteiger partial charge on any atom is 0.319 e. The molecule has 1 aliphatic carbocycles. The fraction of sp³-hybridized carbons (Fsp3) is 0.375. The molecular formula is C8H9N3O3. The van der Waals surface area contributed by atoms with E-state index in [1.165, 1.54) is 6.08 Å². The smallest absolute Gasteiger partial charge is 0.319 e. The van der Waals surface area contributed by atoms with Crippen LogP contribution in [0.3, 0.4) is 0 Å². The molecule has 0 aromatic carbocycles. The van der Waals surface area contributed by atoms with E-state index in [0.717, 1.165) is 5.70 Å². The summed E-state index contributed by atoms with van der Waals surface area (Å²) in [4.78, 5) is 21.0. The molecule has 14 heavy (non-hydrogen) atoms. The van der Waals surface area contributed by atoms with Gasteiger partial charge in [-0.3, -0.25) is 10.1 Å². The molecule has 1 saturated heterocycles. The number of carbonyl (C=O) groups is 1. The molecule has 2 amide bonds. The monoisotopic (exact) mass is 195 g/mol. The number of allylic oxidation sites excluding steroid dienone is 3. The van der Waals surface area contributed by atoms with E-state index in [2.05, 4.69) is 10.6 Å². The van der Waals surface area contributed by atoms with Crippen molar-refractivity contribution in [2.24, 2.45) is 5.92 Å². The second-order valence-corrected chi connectivity index (χ2v) is 3.27. The number of carbonyl (C=O) groups excluding carboxylic acids is 1. The molecule has 0 aromatic rings. The third kappa shape index (κ3) is 1.46. The molecule has 2 rings (SSSR count). The Balaban J connectivity index is 2.20. The summed E-state index contributed by atoms with van der Waals surface area (Å²) in [5.74, 6) is 0.0121. The Morgan fingerprint density at radius 3 is 3.00 bits per heavy atom. The molecular weight excluding hydrogens is 186 g/mol. The van der Waals surface area contributed by atoms with Crippen LogP contribution in [0.25, 0.3) is 0 Å². The molecule has 1 aliphatic heterocycles. The lowest BCUT2D eigenvalue weighted by Gasteiger charge is -2.27. The Kier molecular flexibility index (Phi) is 1.95. The largest absolute Gasteiger partial charge is 0.337 e. The van der Waals surface area contributed by atoms with Crippen LogP contribution in [0.5, 0.6) is 0 Å². The highest BCUT2D eigenvalue weighted by Gasteiger charge is 2.29. The Morgan fingerprint density at radius 1 is 1.50 bits per heavy atom. The first-order valence-electron chi connectivity index (χ1n) is 4.27. The van der Waals surface area contributed by atoms with E-state index in [-0.39, 0.29) is 22.6 Å². The van der Waals surface area contributed by atoms with E-state index in [9.17, 15) is 14.9 Å². The molecule has 0 bridgehead atoms. The number of rotatable bonds is 1. The molecule has 1 fully saturated rings. The van der Waals surface area contributed by atoms with Crippen LogP contribution < -0.4 is 10.6 Å². The molecule has 0 spiro atoms. The summed E-state index contributed by atoms with van der Waals surface area (Å²) in [5, 5.41) is 15.7. The number of hydrogen-bond donors (Lipinski definition) is 2. The standard InChI is InChI=1S/C8H9N3O3/c12-8-9-4-5-3-6(11(13)14)1-2-7(5)10-8/h1-2,5H,3-4H2,(H2,9,10,12). The summed E-state index contributed by atoms with van der Waals surface area (Å²) in [5.41, 5.74) is 0.955. The second-order valence-electron chi connectivity index (χ2n) is 3.27. The van der Waals surface area contributed by atoms with Crippen molar-refractivity contribution in [3.05, 3.63) is 33.7 Å². The average molecular weight is 195 g/mol. The Bertz CT molecular complexity index is 359. The zero-order chi connectivity index (χ0) is 10.1. The number of nitro groups is 1. The minimum Gasteiger partial charge on any atom is -0.337 e. The number of fused-ring (bicyclic) bond motifs is 1. The van der Waals surface area contributed by atoms with Crippen LogP contribution >= 0.6 is 0 Å². The van der Waals surface area contributed by atoms with Crippen molar-refractivity contribution in [1.82, 2.24) is 10.6 Å². The van der Waals surface area contributed by atoms with Gasteiger partial charge in [-0.25, -0.2) is 4.79 Å². The quantitative estimate of drug-likeness (QED) is 0.468. The molecule has 2 N–H and O–H groups in total. The van der Waals surface area contributed by atoms with Gasteiger partial charge in [0.25, 0.3) is 0 Å². The van der Waals surface area contributed by atoms with Crippen LogP contribution in [-0.4, -0.2) is 17.5 Å². The van der Waals surface area contributed by atoms with Crippen LogP contribution in [0.2, 0.25) is 0 Å². The van der Waals surface area contributed by atoms with Crippen LogP contribution in [0.1, 0.15) is 6.42 Å². The van der Waals surface area contributed by atoms with Crippen LogP contribution in [0.15, 0.2) is 23.5 Å². The van der Waals surface area contributed by atoms with Gasteiger partial charge in [0.15, 0.2) is 0 Å². The third-order valence-electron chi connectivity index (χ3n) is 2.35. The fourth-order valence-corrected chi connectivity index (χ4v) is 1.60. The highest BCUT2D eigenvalue weighted by molar-refractivity contribution is 5.77. The summed E-state index contributed by atoms with van der Waals surface area (Å²) in [6.45, 7) is 0.461. The first kappa shape index (κ1) is 8.74. The van der Waals surface area contributed by atoms with Gasteiger partial charge >= 0.3 is 6.03 Å². The van der Waals surface area contributed by atoms with Crippen molar-refractivity contribution in [3.8, 4) is 0 Å². The molecule has 6 heteroatoms. The van der Waals surface area contributed by atoms with Gasteiger partial charge in [0.05, 0.1) is 4.92 Å². The summed E-state index contributed by atoms with van der Waals surface area (Å²) in [7, 11) is 0. The Labute approximate surface area is 79.8 Å². The molecule has 2 aliphatic rings. The van der Waals surface area contributed by atoms with Crippen molar-refractivity contribution in [2.75, 3.05) is 6.54 Å². The predicted molar refractivity (Wildman–Crippen MR) is 47.8 cm³/mol. The van der Waals surface area contributed by atoms with Crippen LogP contribution in [0.4, 0.5) is 4.79 Å². The van der Waals surface area contributed by atoms with E-state index in [0.29, 0.717) is 13.0 Å². The van der Waals surface area contributed by atoms with Gasteiger partial charge < -0.3 is 10.6 Å². The van der Waals surface area contributed by atoms with Crippen molar-refractivity contribution in [3.63, 3.8) is 0 Å². The van der Waals surface area contributed by atoms with E-state index < -0.39 is 0 Å². The number of nitrogens with one attached hydrogen (secondary N) is 2. The predicted octanol–water partition coefficient (Wildman–Crippen LogP) is 0.364. The lowest BCUT2D eigenvalue weighted by molar-refractivity contribution is -0.429. The highest BCUT2D eigenvalue weighted by atomic mass is 16.6. The maximum absolute atomic E-state index is 10.9. The SMILES string of the molecule is O=C1NCC2CC([N+](=O)[O-])=CC=C2N1. The number of urea groups is 1. The molecule has 6 nitrogen and oxygen atoms in total. The van der Waals surface area contributed by atoms with Gasteiger partial charge in [0.1, 0.15) is 0 Å². The summed E-state index contributed by atoms with van der Waals surface area (Å²) >= 11 is 0. The molecule has 0 saturated carbocycles. The van der Waals surface area contributed by atoms with Crippen molar-refractivity contribution >= 4 is 6.03 Å². The fourth-order valence-electron chi connectivity index (χ4n) is 1.60. The molecule has 0 radical (unpaired) electrons. The minimum atomic E-state index is -0.385. The normalized spacial score (nSPS) is 25.1. The molecule has 74 valence electrons. The lowest BCUT2D eigenvalue weighted by Crippen LogP contribution is -2.47. The first-order valence-corrected chi connectivity index (χ1v) is 4.27. The molecule has 1 heterocycles. The zero-order valence-corrected chi connectivity index (χ0v) is 7.32. The maximum atomic E-state index is 10.9. The summed E-state index contributed by atoms with van der Waals surface area (Å²) in [6.07, 6.45) is 3.41. The average Bonchev–Trinajstić information content (AvgIpc) is 2.16. The molecule has 1 unspecified atom stereocenters. The van der Waals surface area contributed by atoms with Gasteiger partial charge in [-0.2, -0.15) is 0 Å². The van der Waals surface area contributed by atoms with E-state index in [1.54, 1.807) is 6.08 Å². The zero-order valence-electron chi connectivity index (χ0n) is 7.32. The third-order valence-corrected chi connectivity index (χ3v) is 2.35. The van der Waals surface area contributed by atoms with Crippen LogP contribution in [-0.2, 0) is 0 Å². The van der Waals surface area contributed by atoms with Crippen LogP contribution in [0, 0.1) is 16.0 Å². The van der Waals surface area contributed by atoms with Gasteiger partial charge in [0, 0.05) is 30.7 Å². The summed E-state index contributed by atoms with van der Waals surface area (Å²) < 4.78 is 0. The van der Waals surface area contributed by atoms with Gasteiger partial charge in [0.2, 0.25) is 5.70 Å². The van der Waals surface area contributed by atoms with Gasteiger partial charge in [-0.15, -0.1) is 0 Å². The highest BCUT2D eigenvalue weighted by Crippen LogP contribution is 2.24. The Morgan fingerprint density at radius 2 is 2.29 bits per heavy atom. The number of amides is 2. The van der Waals surface area contributed by atoms with E-state index >= 15 is 0 Å². The lowest BCUT2D eigenvalue weighted by atomic mass is 9.93. The van der Waals surface area contributed by atoms with Crippen molar-refractivity contribution < 1.29 is 9.72 Å². The van der Waals surface area contributed by atoms with E-state index in [1.807, 2.05) is 0 Å². The van der Waals surface area contributed by atoms with Crippen molar-refractivity contribution in [1.29, 1.82) is 0 Å². The number of hydrogen-bond acceptors (Lipinski definition) is 3. The topological polar surface area (TPSA) is 84.3 Å². The first-order chi connectivity index (χ1) is 6.66. The summed E-state index contributed by atoms with van der Waals surface area (Å²) in [6, 6.07) is -0.245. The number of nitrogens with zero attached hydrogens (tertiary/aromatic N) is 1. The second kappa shape index (κ2) is 3.13. The van der Waals surface area contributed by atoms with Gasteiger partial charge in [-0.05, 0) is 6.08 Å². The molecule has 0 aromatic heterocycles. The van der Waals surface area contributed by atoms with Crippen molar-refractivity contribution in [2.45, 2.75) is 6.42 Å². The van der Waals surface area contributed by atoms with E-state index in [4.69, 9.17) is 0 Å². The molecule has 1 atom stereocenters.